The van der Waals surface area contributed by atoms with Gasteiger partial charge in [-0.1, -0.05) is 150 Å². The SMILES string of the molecule is CCCCCCCCCCCCCCC=C(Cc1ccccc1)Cc1ccccc1. The van der Waals surface area contributed by atoms with E-state index < -0.39 is 0 Å². The van der Waals surface area contributed by atoms with Crippen LogP contribution in [0.4, 0.5) is 0 Å². The highest BCUT2D eigenvalue weighted by atomic mass is 14.1. The van der Waals surface area contributed by atoms with Crippen LogP contribution in [0.25, 0.3) is 0 Å². The van der Waals surface area contributed by atoms with Crippen LogP contribution in [0.5, 0.6) is 0 Å². The fourth-order valence-corrected chi connectivity index (χ4v) is 4.21. The zero-order valence-corrected chi connectivity index (χ0v) is 19.5. The lowest BCUT2D eigenvalue weighted by atomic mass is 9.96. The average molecular weight is 405 g/mol. The first kappa shape index (κ1) is 24.4. The molecule has 30 heavy (non-hydrogen) atoms. The molecule has 2 aromatic rings. The van der Waals surface area contributed by atoms with Crippen LogP contribution in [0.2, 0.25) is 0 Å². The summed E-state index contributed by atoms with van der Waals surface area (Å²) < 4.78 is 0. The summed E-state index contributed by atoms with van der Waals surface area (Å²) in [4.78, 5) is 0. The van der Waals surface area contributed by atoms with E-state index in [1.54, 1.807) is 5.57 Å². The Morgan fingerprint density at radius 3 is 1.37 bits per heavy atom. The lowest BCUT2D eigenvalue weighted by Crippen LogP contribution is -1.96. The normalized spacial score (nSPS) is 10.8. The fraction of sp³-hybridized carbons (Fsp3) is 0.533. The second-order valence-electron chi connectivity index (χ2n) is 8.86. The smallest absolute Gasteiger partial charge is 0.00638 e. The number of hydrogen-bond donors (Lipinski definition) is 0. The Morgan fingerprint density at radius 1 is 0.533 bits per heavy atom. The molecule has 0 fully saturated rings. The van der Waals surface area contributed by atoms with Crippen molar-refractivity contribution in [2.75, 3.05) is 0 Å². The quantitative estimate of drug-likeness (QED) is 0.182. The Bertz CT molecular complexity index is 609. The van der Waals surface area contributed by atoms with Gasteiger partial charge in [-0.15, -0.1) is 0 Å². The molecule has 0 aliphatic carbocycles. The van der Waals surface area contributed by atoms with Crippen molar-refractivity contribution in [3.63, 3.8) is 0 Å². The van der Waals surface area contributed by atoms with Crippen LogP contribution in [-0.4, -0.2) is 0 Å². The molecule has 2 aromatic carbocycles. The highest BCUT2D eigenvalue weighted by molar-refractivity contribution is 5.27. The maximum Gasteiger partial charge on any atom is -0.00638 e. The van der Waals surface area contributed by atoms with E-state index in [-0.39, 0.29) is 0 Å². The number of rotatable bonds is 17. The summed E-state index contributed by atoms with van der Waals surface area (Å²) in [7, 11) is 0. The highest BCUT2D eigenvalue weighted by Gasteiger charge is 2.02. The predicted octanol–water partition coefficient (Wildman–Crippen LogP) is 9.49. The van der Waals surface area contributed by atoms with Gasteiger partial charge in [-0.3, -0.25) is 0 Å². The van der Waals surface area contributed by atoms with Gasteiger partial charge in [-0.05, 0) is 36.8 Å². The van der Waals surface area contributed by atoms with Crippen molar-refractivity contribution >= 4 is 0 Å². The Hall–Kier alpha value is -1.82. The van der Waals surface area contributed by atoms with E-state index in [4.69, 9.17) is 0 Å². The van der Waals surface area contributed by atoms with E-state index in [0.29, 0.717) is 0 Å². The van der Waals surface area contributed by atoms with Crippen LogP contribution in [0.1, 0.15) is 102 Å². The maximum absolute atomic E-state index is 2.52. The number of unbranched alkanes of at least 4 members (excludes halogenated alkanes) is 12. The van der Waals surface area contributed by atoms with Gasteiger partial charge in [0.15, 0.2) is 0 Å². The number of allylic oxidation sites excluding steroid dienone is 2. The van der Waals surface area contributed by atoms with E-state index in [0.717, 1.165) is 12.8 Å². The second kappa shape index (κ2) is 16.9. The van der Waals surface area contributed by atoms with Crippen LogP contribution in [-0.2, 0) is 12.8 Å². The summed E-state index contributed by atoms with van der Waals surface area (Å²) in [6, 6.07) is 21.8. The maximum atomic E-state index is 2.52. The Morgan fingerprint density at radius 2 is 0.933 bits per heavy atom. The standard InChI is InChI=1S/C30H44/c1-2-3-4-5-6-7-8-9-10-11-12-13-16-25-30(26-28-21-17-14-18-22-28)27-29-23-19-15-20-24-29/h14-15,17-25H,2-13,16,26-27H2,1H3. The van der Waals surface area contributed by atoms with Crippen molar-refractivity contribution in [1.82, 2.24) is 0 Å². The molecule has 0 aliphatic rings. The lowest BCUT2D eigenvalue weighted by Gasteiger charge is -2.09. The summed E-state index contributed by atoms with van der Waals surface area (Å²) in [6.07, 6.45) is 22.9. The van der Waals surface area contributed by atoms with Gasteiger partial charge in [-0.25, -0.2) is 0 Å². The fourth-order valence-electron chi connectivity index (χ4n) is 4.21. The van der Waals surface area contributed by atoms with E-state index in [9.17, 15) is 0 Å². The Kier molecular flexibility index (Phi) is 13.8. The third kappa shape index (κ3) is 12.0. The minimum absolute atomic E-state index is 1.08. The predicted molar refractivity (Wildman–Crippen MR) is 134 cm³/mol. The molecule has 0 atom stereocenters. The summed E-state index contributed by atoms with van der Waals surface area (Å²) in [5.41, 5.74) is 4.42. The molecule has 0 N–H and O–H groups in total. The summed E-state index contributed by atoms with van der Waals surface area (Å²) in [6.45, 7) is 2.29. The summed E-state index contributed by atoms with van der Waals surface area (Å²) >= 11 is 0. The van der Waals surface area contributed by atoms with Crippen molar-refractivity contribution in [2.24, 2.45) is 0 Å². The first-order chi connectivity index (χ1) is 14.9. The minimum atomic E-state index is 1.08. The molecule has 0 spiro atoms. The van der Waals surface area contributed by atoms with Crippen LogP contribution >= 0.6 is 0 Å². The van der Waals surface area contributed by atoms with Gasteiger partial charge in [0.1, 0.15) is 0 Å². The Labute approximate surface area is 186 Å². The van der Waals surface area contributed by atoms with Gasteiger partial charge in [0.2, 0.25) is 0 Å². The highest BCUT2D eigenvalue weighted by Crippen LogP contribution is 2.17. The lowest BCUT2D eigenvalue weighted by molar-refractivity contribution is 0.544. The monoisotopic (exact) mass is 404 g/mol. The topological polar surface area (TPSA) is 0 Å². The van der Waals surface area contributed by atoms with E-state index in [2.05, 4.69) is 73.7 Å². The molecule has 0 saturated carbocycles. The zero-order valence-electron chi connectivity index (χ0n) is 19.5. The molecule has 0 unspecified atom stereocenters. The number of benzene rings is 2. The largest absolute Gasteiger partial charge is 0.0847 e. The third-order valence-corrected chi connectivity index (χ3v) is 6.04. The molecular formula is C30H44. The second-order valence-corrected chi connectivity index (χ2v) is 8.86. The van der Waals surface area contributed by atoms with Crippen LogP contribution in [0.3, 0.4) is 0 Å². The van der Waals surface area contributed by atoms with Crippen LogP contribution < -0.4 is 0 Å². The van der Waals surface area contributed by atoms with Crippen molar-refractivity contribution in [3.8, 4) is 0 Å². The molecule has 0 bridgehead atoms. The molecule has 0 amide bonds. The van der Waals surface area contributed by atoms with Gasteiger partial charge in [0, 0.05) is 0 Å². The molecule has 0 radical (unpaired) electrons. The zero-order chi connectivity index (χ0) is 21.1. The van der Waals surface area contributed by atoms with Crippen molar-refractivity contribution in [3.05, 3.63) is 83.4 Å². The third-order valence-electron chi connectivity index (χ3n) is 6.04. The van der Waals surface area contributed by atoms with E-state index >= 15 is 0 Å². The molecule has 0 saturated heterocycles. The van der Waals surface area contributed by atoms with Gasteiger partial charge in [-0.2, -0.15) is 0 Å². The van der Waals surface area contributed by atoms with Crippen molar-refractivity contribution in [1.29, 1.82) is 0 Å². The van der Waals surface area contributed by atoms with E-state index in [1.807, 2.05) is 0 Å². The Balaban J connectivity index is 1.61. The van der Waals surface area contributed by atoms with Gasteiger partial charge in [0.05, 0.1) is 0 Å². The average Bonchev–Trinajstić information content (AvgIpc) is 2.78. The first-order valence-corrected chi connectivity index (χ1v) is 12.6. The van der Waals surface area contributed by atoms with Crippen LogP contribution in [0.15, 0.2) is 72.3 Å². The molecule has 0 heteroatoms. The first-order valence-electron chi connectivity index (χ1n) is 12.6. The summed E-state index contributed by atoms with van der Waals surface area (Å²) in [5.74, 6) is 0. The molecule has 164 valence electrons. The van der Waals surface area contributed by atoms with Gasteiger partial charge < -0.3 is 0 Å². The van der Waals surface area contributed by atoms with Crippen LogP contribution in [0, 0.1) is 0 Å². The summed E-state index contributed by atoms with van der Waals surface area (Å²) in [5, 5.41) is 0. The molecule has 0 heterocycles. The number of hydrogen-bond acceptors (Lipinski definition) is 0. The van der Waals surface area contributed by atoms with Gasteiger partial charge >= 0.3 is 0 Å². The minimum Gasteiger partial charge on any atom is -0.0847 e. The molecule has 0 aromatic heterocycles. The van der Waals surface area contributed by atoms with Crippen molar-refractivity contribution < 1.29 is 0 Å². The van der Waals surface area contributed by atoms with E-state index in [1.165, 1.54) is 94.6 Å². The molecule has 2 rings (SSSR count). The molecule has 0 aliphatic heterocycles. The molecule has 0 nitrogen and oxygen atoms in total. The van der Waals surface area contributed by atoms with Crippen molar-refractivity contribution in [2.45, 2.75) is 103 Å². The van der Waals surface area contributed by atoms with Gasteiger partial charge in [0.25, 0.3) is 0 Å². The molecular weight excluding hydrogens is 360 g/mol.